The van der Waals surface area contributed by atoms with Gasteiger partial charge in [-0.05, 0) is 36.8 Å². The molecule has 0 aliphatic rings. The molecule has 4 aromatic rings. The van der Waals surface area contributed by atoms with Crippen molar-refractivity contribution in [2.45, 2.75) is 13.5 Å². The van der Waals surface area contributed by atoms with E-state index in [2.05, 4.69) is 10.3 Å². The number of benzene rings is 2. The van der Waals surface area contributed by atoms with Crippen LogP contribution in [0.15, 0.2) is 70.1 Å². The molecular formula is C21H16FN3O3. The van der Waals surface area contributed by atoms with Crippen LogP contribution >= 0.6 is 0 Å². The predicted octanol–water partition coefficient (Wildman–Crippen LogP) is 3.74. The second-order valence-electron chi connectivity index (χ2n) is 6.34. The Balaban J connectivity index is 1.75. The van der Waals surface area contributed by atoms with Gasteiger partial charge in [0.25, 0.3) is 11.5 Å². The number of fused-ring (bicyclic) bond motifs is 1. The quantitative estimate of drug-likeness (QED) is 0.588. The fourth-order valence-electron chi connectivity index (χ4n) is 3.03. The van der Waals surface area contributed by atoms with Crippen molar-refractivity contribution in [3.05, 3.63) is 94.0 Å². The highest BCUT2D eigenvalue weighted by molar-refractivity contribution is 6.12. The monoisotopic (exact) mass is 377 g/mol. The number of aromatic nitrogens is 2. The minimum absolute atomic E-state index is 0.107. The molecule has 1 N–H and O–H groups in total. The molecule has 6 nitrogen and oxygen atoms in total. The Kier molecular flexibility index (Phi) is 4.49. The SMILES string of the molecule is Cc1oc2ncn(Cc3ccc(F)cc3)c(=O)c2c1C(=O)Nc1ccccc1. The number of carbonyl (C=O) groups excluding carboxylic acids is 1. The fourth-order valence-corrected chi connectivity index (χ4v) is 3.03. The van der Waals surface area contributed by atoms with Crippen LogP contribution < -0.4 is 10.9 Å². The lowest BCUT2D eigenvalue weighted by molar-refractivity contribution is 0.102. The van der Waals surface area contributed by atoms with E-state index in [4.69, 9.17) is 4.42 Å². The average Bonchev–Trinajstić information content (AvgIpc) is 3.03. The fraction of sp³-hybridized carbons (Fsp3) is 0.0952. The Hall–Kier alpha value is -3.74. The summed E-state index contributed by atoms with van der Waals surface area (Å²) in [4.78, 5) is 29.9. The maximum Gasteiger partial charge on any atom is 0.265 e. The number of nitrogens with one attached hydrogen (secondary N) is 1. The van der Waals surface area contributed by atoms with Gasteiger partial charge in [0.15, 0.2) is 0 Å². The summed E-state index contributed by atoms with van der Waals surface area (Å²) in [7, 11) is 0. The summed E-state index contributed by atoms with van der Waals surface area (Å²) < 4.78 is 20.0. The number of rotatable bonds is 4. The highest BCUT2D eigenvalue weighted by Gasteiger charge is 2.23. The molecule has 0 bridgehead atoms. The molecule has 2 aromatic carbocycles. The number of aryl methyl sites for hydroxylation is 1. The van der Waals surface area contributed by atoms with Gasteiger partial charge >= 0.3 is 0 Å². The van der Waals surface area contributed by atoms with E-state index in [9.17, 15) is 14.0 Å². The van der Waals surface area contributed by atoms with Gasteiger partial charge in [-0.15, -0.1) is 0 Å². The molecule has 0 fully saturated rings. The summed E-state index contributed by atoms with van der Waals surface area (Å²) in [6, 6.07) is 14.8. The van der Waals surface area contributed by atoms with Gasteiger partial charge < -0.3 is 9.73 Å². The average molecular weight is 377 g/mol. The van der Waals surface area contributed by atoms with Crippen molar-refractivity contribution in [1.82, 2.24) is 9.55 Å². The van der Waals surface area contributed by atoms with Crippen LogP contribution in [-0.4, -0.2) is 15.5 Å². The van der Waals surface area contributed by atoms with E-state index >= 15 is 0 Å². The van der Waals surface area contributed by atoms with Crippen LogP contribution in [0.4, 0.5) is 10.1 Å². The van der Waals surface area contributed by atoms with Crippen LogP contribution in [-0.2, 0) is 6.54 Å². The van der Waals surface area contributed by atoms with E-state index in [1.165, 1.54) is 23.0 Å². The molecule has 7 heteroatoms. The van der Waals surface area contributed by atoms with Gasteiger partial charge in [0.2, 0.25) is 5.71 Å². The zero-order valence-corrected chi connectivity index (χ0v) is 15.0. The first-order valence-corrected chi connectivity index (χ1v) is 8.62. The Bertz CT molecular complexity index is 1210. The molecule has 140 valence electrons. The van der Waals surface area contributed by atoms with Crippen LogP contribution in [0.1, 0.15) is 21.7 Å². The summed E-state index contributed by atoms with van der Waals surface area (Å²) >= 11 is 0. The molecule has 0 spiro atoms. The van der Waals surface area contributed by atoms with Crippen molar-refractivity contribution in [3.63, 3.8) is 0 Å². The van der Waals surface area contributed by atoms with Crippen molar-refractivity contribution in [3.8, 4) is 0 Å². The molecule has 0 aliphatic carbocycles. The zero-order chi connectivity index (χ0) is 19.7. The van der Waals surface area contributed by atoms with Gasteiger partial charge in [-0.3, -0.25) is 14.2 Å². The number of halogens is 1. The Labute approximate surface area is 159 Å². The van der Waals surface area contributed by atoms with Gasteiger partial charge in [-0.25, -0.2) is 9.37 Å². The van der Waals surface area contributed by atoms with E-state index in [-0.39, 0.29) is 29.0 Å². The number of hydrogen-bond acceptors (Lipinski definition) is 4. The second kappa shape index (κ2) is 7.11. The van der Waals surface area contributed by atoms with Gasteiger partial charge in [0.05, 0.1) is 12.1 Å². The first kappa shape index (κ1) is 17.7. The number of amides is 1. The second-order valence-corrected chi connectivity index (χ2v) is 6.34. The van der Waals surface area contributed by atoms with Gasteiger partial charge in [0, 0.05) is 5.69 Å². The Morgan fingerprint density at radius 2 is 1.86 bits per heavy atom. The minimum Gasteiger partial charge on any atom is -0.442 e. The predicted molar refractivity (Wildman–Crippen MR) is 103 cm³/mol. The van der Waals surface area contributed by atoms with Crippen molar-refractivity contribution in [2.75, 3.05) is 5.32 Å². The highest BCUT2D eigenvalue weighted by Crippen LogP contribution is 2.22. The number of para-hydroxylation sites is 1. The van der Waals surface area contributed by atoms with E-state index < -0.39 is 11.5 Å². The van der Waals surface area contributed by atoms with E-state index in [0.717, 1.165) is 5.56 Å². The standard InChI is InChI=1S/C21H16FN3O3/c1-13-17(19(26)24-16-5-3-2-4-6-16)18-20(28-13)23-12-25(21(18)27)11-14-7-9-15(22)10-8-14/h2-10,12H,11H2,1H3,(H,24,26). The first-order chi connectivity index (χ1) is 13.5. The summed E-state index contributed by atoms with van der Waals surface area (Å²) in [5, 5.41) is 2.88. The molecule has 0 atom stereocenters. The number of anilines is 1. The molecule has 4 rings (SSSR count). The van der Waals surface area contributed by atoms with Crippen LogP contribution in [0.3, 0.4) is 0 Å². The number of furan rings is 1. The molecule has 0 radical (unpaired) electrons. The maximum atomic E-state index is 13.1. The van der Waals surface area contributed by atoms with Crippen LogP contribution in [0.2, 0.25) is 0 Å². The molecule has 2 aromatic heterocycles. The number of nitrogens with zero attached hydrogens (tertiary/aromatic N) is 2. The smallest absolute Gasteiger partial charge is 0.265 e. The first-order valence-electron chi connectivity index (χ1n) is 8.62. The third kappa shape index (κ3) is 3.29. The molecule has 28 heavy (non-hydrogen) atoms. The van der Waals surface area contributed by atoms with E-state index in [1.807, 2.05) is 6.07 Å². The lowest BCUT2D eigenvalue weighted by Gasteiger charge is -2.06. The van der Waals surface area contributed by atoms with Crippen LogP contribution in [0.5, 0.6) is 0 Å². The lowest BCUT2D eigenvalue weighted by atomic mass is 10.1. The van der Waals surface area contributed by atoms with Crippen LogP contribution in [0, 0.1) is 12.7 Å². The number of hydrogen-bond donors (Lipinski definition) is 1. The molecule has 2 heterocycles. The molecule has 0 saturated heterocycles. The normalized spacial score (nSPS) is 10.9. The summed E-state index contributed by atoms with van der Waals surface area (Å²) in [6.07, 6.45) is 1.36. The zero-order valence-electron chi connectivity index (χ0n) is 15.0. The Morgan fingerprint density at radius 1 is 1.14 bits per heavy atom. The van der Waals surface area contributed by atoms with Gasteiger partial charge in [-0.2, -0.15) is 0 Å². The largest absolute Gasteiger partial charge is 0.442 e. The minimum atomic E-state index is -0.444. The Morgan fingerprint density at radius 3 is 2.57 bits per heavy atom. The van der Waals surface area contributed by atoms with Gasteiger partial charge in [0.1, 0.15) is 23.3 Å². The topological polar surface area (TPSA) is 77.1 Å². The third-order valence-corrected chi connectivity index (χ3v) is 4.38. The van der Waals surface area contributed by atoms with E-state index in [0.29, 0.717) is 11.4 Å². The van der Waals surface area contributed by atoms with Crippen molar-refractivity contribution < 1.29 is 13.6 Å². The van der Waals surface area contributed by atoms with Crippen LogP contribution in [0.25, 0.3) is 11.1 Å². The maximum absolute atomic E-state index is 13.1. The molecular weight excluding hydrogens is 361 g/mol. The summed E-state index contributed by atoms with van der Waals surface area (Å²) in [5.41, 5.74) is 1.21. The molecule has 0 unspecified atom stereocenters. The highest BCUT2D eigenvalue weighted by atomic mass is 19.1. The van der Waals surface area contributed by atoms with Crippen molar-refractivity contribution in [1.29, 1.82) is 0 Å². The third-order valence-electron chi connectivity index (χ3n) is 4.38. The molecule has 0 aliphatic heterocycles. The summed E-state index contributed by atoms with van der Waals surface area (Å²) in [5.74, 6) is -0.483. The number of carbonyl (C=O) groups is 1. The van der Waals surface area contributed by atoms with Gasteiger partial charge in [-0.1, -0.05) is 30.3 Å². The van der Waals surface area contributed by atoms with Crippen molar-refractivity contribution in [2.24, 2.45) is 0 Å². The molecule has 1 amide bonds. The van der Waals surface area contributed by atoms with Crippen molar-refractivity contribution >= 4 is 22.7 Å². The molecule has 0 saturated carbocycles. The van der Waals surface area contributed by atoms with E-state index in [1.54, 1.807) is 43.3 Å². The summed E-state index contributed by atoms with van der Waals surface area (Å²) in [6.45, 7) is 1.82. The lowest BCUT2D eigenvalue weighted by Crippen LogP contribution is -2.23.